The van der Waals surface area contributed by atoms with Crippen molar-refractivity contribution in [2.24, 2.45) is 0 Å². The Balaban J connectivity index is 0.000000529. The zero-order chi connectivity index (χ0) is 20.4. The number of nitrogens with zero attached hydrogens (tertiary/aromatic N) is 2. The third-order valence-electron chi connectivity index (χ3n) is 7.02. The van der Waals surface area contributed by atoms with Gasteiger partial charge in [0.15, 0.2) is 0 Å². The molecule has 0 aliphatic carbocycles. The molecule has 31 heavy (non-hydrogen) atoms. The number of halogens is 2. The summed E-state index contributed by atoms with van der Waals surface area (Å²) in [6.45, 7) is 19.6. The Morgan fingerprint density at radius 2 is 0.935 bits per heavy atom. The number of hydrogen-bond acceptors (Lipinski definition) is 2. The summed E-state index contributed by atoms with van der Waals surface area (Å²) in [7, 11) is -2.58. The standard InChI is InChI=1S/2C12H20NSi.2FH.Zr/c2*1-11-6-7-12(10-11)14(2,3)13-8-4-5-9-13;;;/h2*6-7,10H,4-5,8-9H2,1-3H3;2*1H;/q2*-1;;;+4/p-2. The van der Waals surface area contributed by atoms with E-state index in [2.05, 4.69) is 85.6 Å². The molecule has 7 heteroatoms. The molecule has 0 saturated carbocycles. The second kappa shape index (κ2) is 12.9. The minimum atomic E-state index is -1.29. The van der Waals surface area contributed by atoms with Gasteiger partial charge in [-0.1, -0.05) is 40.0 Å². The topological polar surface area (TPSA) is 6.48 Å². The molecule has 0 atom stereocenters. The van der Waals surface area contributed by atoms with Gasteiger partial charge in [0.1, 0.15) is 0 Å². The van der Waals surface area contributed by atoms with E-state index in [1.807, 2.05) is 0 Å². The minimum Gasteiger partial charge on any atom is -1.00 e. The molecule has 0 N–H and O–H groups in total. The molecule has 2 fully saturated rings. The Morgan fingerprint density at radius 3 is 1.16 bits per heavy atom. The van der Waals surface area contributed by atoms with E-state index in [1.54, 1.807) is 10.4 Å². The van der Waals surface area contributed by atoms with Crippen LogP contribution in [-0.2, 0) is 26.2 Å². The number of aryl methyl sites for hydroxylation is 2. The summed E-state index contributed by atoms with van der Waals surface area (Å²) in [5.41, 5.74) is 2.83. The first-order chi connectivity index (χ1) is 13.2. The van der Waals surface area contributed by atoms with Crippen molar-refractivity contribution in [3.63, 3.8) is 0 Å². The summed E-state index contributed by atoms with van der Waals surface area (Å²) in [5.74, 6) is 0. The second-order valence-corrected chi connectivity index (χ2v) is 18.5. The van der Waals surface area contributed by atoms with Gasteiger partial charge in [-0.15, -0.1) is 10.4 Å². The Kier molecular flexibility index (Phi) is 12.8. The van der Waals surface area contributed by atoms with E-state index < -0.39 is 16.5 Å². The Labute approximate surface area is 210 Å². The molecule has 172 valence electrons. The van der Waals surface area contributed by atoms with Crippen LogP contribution in [0.5, 0.6) is 0 Å². The quantitative estimate of drug-likeness (QED) is 0.342. The summed E-state index contributed by atoms with van der Waals surface area (Å²) < 4.78 is 5.48. The van der Waals surface area contributed by atoms with Crippen molar-refractivity contribution >= 4 is 26.8 Å². The maximum Gasteiger partial charge on any atom is 4.00 e. The second-order valence-electron chi connectivity index (χ2n) is 9.86. The van der Waals surface area contributed by atoms with Crippen molar-refractivity contribution < 1.29 is 35.6 Å². The normalized spacial score (nSPS) is 17.2. The maximum absolute atomic E-state index is 2.74. The van der Waals surface area contributed by atoms with E-state index in [9.17, 15) is 0 Å². The molecule has 2 heterocycles. The molecule has 2 nitrogen and oxygen atoms in total. The molecule has 4 rings (SSSR count). The van der Waals surface area contributed by atoms with Crippen molar-refractivity contribution in [3.8, 4) is 0 Å². The fourth-order valence-corrected chi connectivity index (χ4v) is 10.5. The van der Waals surface area contributed by atoms with E-state index in [0.717, 1.165) is 0 Å². The van der Waals surface area contributed by atoms with Gasteiger partial charge in [-0.3, -0.25) is 0 Å². The third-order valence-corrected chi connectivity index (χ3v) is 14.5. The number of hydrogen-bond donors (Lipinski definition) is 0. The van der Waals surface area contributed by atoms with Crippen LogP contribution in [0, 0.1) is 13.8 Å². The molecule has 0 amide bonds. The average Bonchev–Trinajstić information content (AvgIpc) is 3.42. The van der Waals surface area contributed by atoms with Gasteiger partial charge in [0.05, 0.1) is 16.5 Å². The van der Waals surface area contributed by atoms with Crippen molar-refractivity contribution in [1.82, 2.24) is 9.13 Å². The Morgan fingerprint density at radius 1 is 0.645 bits per heavy atom. The molecule has 0 aromatic heterocycles. The Bertz CT molecular complexity index is 697. The molecular weight excluding hydrogens is 502 g/mol. The van der Waals surface area contributed by atoms with E-state index in [-0.39, 0.29) is 35.6 Å². The van der Waals surface area contributed by atoms with E-state index in [1.165, 1.54) is 63.0 Å². The first-order valence-corrected chi connectivity index (χ1v) is 17.1. The van der Waals surface area contributed by atoms with Crippen molar-refractivity contribution in [2.75, 3.05) is 26.2 Å². The van der Waals surface area contributed by atoms with Gasteiger partial charge in [-0.2, -0.15) is 24.3 Å². The molecular formula is C24H40F2N2Si2Zr. The predicted octanol–water partition coefficient (Wildman–Crippen LogP) is -1.55. The number of rotatable bonds is 4. The fourth-order valence-electron chi connectivity index (χ4n) is 4.80. The van der Waals surface area contributed by atoms with Gasteiger partial charge in [-0.25, -0.2) is 23.3 Å². The summed E-state index contributed by atoms with van der Waals surface area (Å²) in [4.78, 5) is 0. The minimum absolute atomic E-state index is 0. The van der Waals surface area contributed by atoms with E-state index in [4.69, 9.17) is 0 Å². The summed E-state index contributed by atoms with van der Waals surface area (Å²) in [5, 5.41) is 3.22. The summed E-state index contributed by atoms with van der Waals surface area (Å²) >= 11 is 0. The van der Waals surface area contributed by atoms with Crippen LogP contribution in [0.3, 0.4) is 0 Å². The average molecular weight is 542 g/mol. The van der Waals surface area contributed by atoms with Gasteiger partial charge in [0.2, 0.25) is 0 Å². The fraction of sp³-hybridized carbons (Fsp3) is 0.583. The van der Waals surface area contributed by atoms with Gasteiger partial charge in [-0.05, 0) is 51.9 Å². The van der Waals surface area contributed by atoms with E-state index in [0.29, 0.717) is 0 Å². The first kappa shape index (κ1) is 30.8. The van der Waals surface area contributed by atoms with Crippen LogP contribution in [0.4, 0.5) is 0 Å². The van der Waals surface area contributed by atoms with Crippen molar-refractivity contribution in [3.05, 3.63) is 47.5 Å². The maximum atomic E-state index is 2.74. The zero-order valence-electron chi connectivity index (χ0n) is 20.3. The zero-order valence-corrected chi connectivity index (χ0v) is 24.7. The van der Waals surface area contributed by atoms with Crippen LogP contribution >= 0.6 is 0 Å². The van der Waals surface area contributed by atoms with Crippen LogP contribution in [0.1, 0.15) is 36.8 Å². The third kappa shape index (κ3) is 7.40. The molecule has 0 unspecified atom stereocenters. The van der Waals surface area contributed by atoms with Crippen LogP contribution < -0.4 is 19.8 Å². The summed E-state index contributed by atoms with van der Waals surface area (Å²) in [6, 6.07) is 13.9. The van der Waals surface area contributed by atoms with E-state index >= 15 is 0 Å². The van der Waals surface area contributed by atoms with Crippen molar-refractivity contribution in [2.45, 2.75) is 65.7 Å². The Hall–Kier alpha value is -0.203. The SMILES string of the molecule is Cc1cc[c-]([Si](C)(C)N2CCCC2)c1.Cc1cc[c-]([Si](C)(C)N2CCCC2)c1.[F-].[F-].[Zr+4]. The van der Waals surface area contributed by atoms with Crippen LogP contribution in [0.2, 0.25) is 26.2 Å². The van der Waals surface area contributed by atoms with Gasteiger partial charge < -0.3 is 18.5 Å². The molecule has 0 bridgehead atoms. The molecule has 2 aromatic carbocycles. The molecule has 2 saturated heterocycles. The van der Waals surface area contributed by atoms with Crippen LogP contribution in [-0.4, -0.2) is 51.8 Å². The molecule has 2 aliphatic heterocycles. The first-order valence-electron chi connectivity index (χ1n) is 11.2. The van der Waals surface area contributed by atoms with Crippen LogP contribution in [0.15, 0.2) is 36.4 Å². The summed E-state index contributed by atoms with van der Waals surface area (Å²) in [6.07, 6.45) is 5.60. The monoisotopic (exact) mass is 540 g/mol. The van der Waals surface area contributed by atoms with Gasteiger partial charge >= 0.3 is 26.2 Å². The van der Waals surface area contributed by atoms with Crippen LogP contribution in [0.25, 0.3) is 0 Å². The largest absolute Gasteiger partial charge is 4.00 e. The molecule has 0 radical (unpaired) electrons. The molecule has 2 aromatic rings. The van der Waals surface area contributed by atoms with Gasteiger partial charge in [0, 0.05) is 0 Å². The van der Waals surface area contributed by atoms with Gasteiger partial charge in [0.25, 0.3) is 0 Å². The predicted molar refractivity (Wildman–Crippen MR) is 129 cm³/mol. The van der Waals surface area contributed by atoms with Crippen molar-refractivity contribution in [1.29, 1.82) is 0 Å². The molecule has 0 spiro atoms. The molecule has 2 aliphatic rings. The smallest absolute Gasteiger partial charge is 1.00 e.